The minimum atomic E-state index is -0.854. The Bertz CT molecular complexity index is 1290. The van der Waals surface area contributed by atoms with E-state index < -0.39 is 31.4 Å². The van der Waals surface area contributed by atoms with Crippen LogP contribution in [0.3, 0.4) is 0 Å². The van der Waals surface area contributed by atoms with Gasteiger partial charge in [0.25, 0.3) is 11.4 Å². The highest BCUT2D eigenvalue weighted by atomic mass is 79.9. The normalized spacial score (nSPS) is 12.1. The summed E-state index contributed by atoms with van der Waals surface area (Å²) in [5.41, 5.74) is 1.73. The molecule has 3 aromatic carbocycles. The van der Waals surface area contributed by atoms with E-state index >= 15 is 0 Å². The van der Waals surface area contributed by atoms with E-state index in [1.165, 1.54) is 62.8 Å². The van der Waals surface area contributed by atoms with Crippen LogP contribution in [0.15, 0.2) is 60.7 Å². The van der Waals surface area contributed by atoms with Gasteiger partial charge in [-0.15, -0.1) is 0 Å². The summed E-state index contributed by atoms with van der Waals surface area (Å²) in [4.78, 5) is 44.1. The van der Waals surface area contributed by atoms with Crippen molar-refractivity contribution in [1.82, 2.24) is 0 Å². The maximum atomic E-state index is 12.6. The van der Waals surface area contributed by atoms with E-state index in [1.807, 2.05) is 0 Å². The molecule has 0 heterocycles. The zero-order valence-corrected chi connectivity index (χ0v) is 24.2. The summed E-state index contributed by atoms with van der Waals surface area (Å²) in [5, 5.41) is 21.7. The second kappa shape index (κ2) is 13.8. The number of esters is 2. The zero-order chi connectivity index (χ0) is 29.4. The molecule has 0 spiro atoms. The van der Waals surface area contributed by atoms with Gasteiger partial charge in [0, 0.05) is 35.4 Å². The van der Waals surface area contributed by atoms with E-state index in [9.17, 15) is 29.8 Å². The number of hydrogen-bond donors (Lipinski definition) is 0. The van der Waals surface area contributed by atoms with Crippen molar-refractivity contribution in [3.8, 4) is 11.5 Å². The van der Waals surface area contributed by atoms with Crippen LogP contribution in [0.1, 0.15) is 31.9 Å². The van der Waals surface area contributed by atoms with Gasteiger partial charge in [0.1, 0.15) is 34.4 Å². The van der Waals surface area contributed by atoms with Crippen molar-refractivity contribution in [1.29, 1.82) is 0 Å². The quantitative estimate of drug-likeness (QED) is 0.0978. The van der Waals surface area contributed by atoms with E-state index in [0.717, 1.165) is 0 Å². The number of alkyl halides is 2. The predicted molar refractivity (Wildman–Crippen MR) is 149 cm³/mol. The van der Waals surface area contributed by atoms with Crippen molar-refractivity contribution in [2.75, 3.05) is 14.2 Å². The number of non-ortho nitro benzene ring substituents is 2. The molecule has 2 atom stereocenters. The molecule has 210 valence electrons. The Kier molecular flexibility index (Phi) is 10.6. The summed E-state index contributed by atoms with van der Waals surface area (Å²) in [5.74, 6) is -0.538. The maximum Gasteiger partial charge on any atom is 0.324 e. The Morgan fingerprint density at radius 3 is 1.30 bits per heavy atom. The van der Waals surface area contributed by atoms with Crippen molar-refractivity contribution >= 4 is 55.2 Å². The van der Waals surface area contributed by atoms with Crippen LogP contribution in [-0.4, -0.2) is 36.0 Å². The summed E-state index contributed by atoms with van der Waals surface area (Å²) >= 11 is 6.50. The van der Waals surface area contributed by atoms with E-state index in [0.29, 0.717) is 33.8 Å². The Balaban J connectivity index is 1.66. The van der Waals surface area contributed by atoms with E-state index in [1.54, 1.807) is 12.1 Å². The number of nitrogens with zero attached hydrogens (tertiary/aromatic N) is 2. The molecular formula is C26H22Br2N2O10. The Morgan fingerprint density at radius 1 is 0.700 bits per heavy atom. The lowest BCUT2D eigenvalue weighted by molar-refractivity contribution is -0.385. The number of carbonyl (C=O) groups excluding carboxylic acids is 2. The maximum absolute atomic E-state index is 12.6. The highest BCUT2D eigenvalue weighted by molar-refractivity contribution is 9.09. The number of hydrogen-bond acceptors (Lipinski definition) is 10. The van der Waals surface area contributed by atoms with Crippen LogP contribution in [0, 0.1) is 20.2 Å². The van der Waals surface area contributed by atoms with Crippen molar-refractivity contribution in [3.05, 3.63) is 103 Å². The molecule has 0 aliphatic rings. The molecule has 0 saturated heterocycles. The van der Waals surface area contributed by atoms with Gasteiger partial charge in [-0.25, -0.2) is 0 Å². The average Bonchev–Trinajstić information content (AvgIpc) is 2.97. The van der Waals surface area contributed by atoms with Crippen molar-refractivity contribution in [2.45, 2.75) is 22.9 Å². The van der Waals surface area contributed by atoms with Crippen LogP contribution in [0.2, 0.25) is 0 Å². The highest BCUT2D eigenvalue weighted by Gasteiger charge is 2.23. The highest BCUT2D eigenvalue weighted by Crippen LogP contribution is 2.33. The van der Waals surface area contributed by atoms with Gasteiger partial charge in [-0.2, -0.15) is 0 Å². The molecule has 0 aliphatic carbocycles. The molecule has 0 saturated carbocycles. The summed E-state index contributed by atoms with van der Waals surface area (Å²) in [6.45, 7) is -0.339. The number of methoxy groups -OCH3 is 2. The number of halogens is 2. The number of rotatable bonds is 12. The fourth-order valence-corrected chi connectivity index (χ4v) is 4.37. The van der Waals surface area contributed by atoms with Crippen LogP contribution in [0.4, 0.5) is 11.4 Å². The number of nitro benzene ring substituents is 2. The number of benzene rings is 3. The fraction of sp³-hybridized carbons (Fsp3) is 0.231. The topological polar surface area (TPSA) is 157 Å². The smallest absolute Gasteiger partial charge is 0.324 e. The van der Waals surface area contributed by atoms with Gasteiger partial charge < -0.3 is 18.9 Å². The second-order valence-electron chi connectivity index (χ2n) is 8.11. The van der Waals surface area contributed by atoms with E-state index in [-0.39, 0.29) is 24.6 Å². The molecule has 14 heteroatoms. The molecule has 3 rings (SSSR count). The van der Waals surface area contributed by atoms with Gasteiger partial charge in [0.05, 0.1) is 24.1 Å². The van der Waals surface area contributed by atoms with Crippen molar-refractivity contribution < 1.29 is 38.4 Å². The van der Waals surface area contributed by atoms with E-state index in [2.05, 4.69) is 31.9 Å². The molecule has 3 aromatic rings. The molecule has 0 bridgehead atoms. The molecule has 2 unspecified atom stereocenters. The van der Waals surface area contributed by atoms with Gasteiger partial charge in [-0.3, -0.25) is 29.8 Å². The first-order valence-electron chi connectivity index (χ1n) is 11.4. The minimum Gasteiger partial charge on any atom is -0.496 e. The van der Waals surface area contributed by atoms with Crippen LogP contribution >= 0.6 is 31.9 Å². The monoisotopic (exact) mass is 680 g/mol. The summed E-state index contributed by atoms with van der Waals surface area (Å²) in [6.07, 6.45) is 0. The third kappa shape index (κ3) is 7.54. The van der Waals surface area contributed by atoms with Gasteiger partial charge in [-0.1, -0.05) is 56.1 Å². The van der Waals surface area contributed by atoms with Crippen molar-refractivity contribution in [3.63, 3.8) is 0 Å². The first-order chi connectivity index (χ1) is 19.0. The van der Waals surface area contributed by atoms with Crippen LogP contribution in [-0.2, 0) is 32.3 Å². The standard InChI is InChI=1S/C26H22Br2N2O10/c1-37-21-11-18(14-40-26(32)24(28)16-5-9-20(10-6-16)30(35)36)22(38-2)12-17(21)13-39-25(31)23(27)15-3-7-19(8-4-15)29(33)34/h3-12,23-24H,13-14H2,1-2H3. The molecule has 12 nitrogen and oxygen atoms in total. The third-order valence-corrected chi connectivity index (χ3v) is 7.44. The molecule has 0 fully saturated rings. The molecule has 0 radical (unpaired) electrons. The molecule has 0 aliphatic heterocycles. The lowest BCUT2D eigenvalue weighted by atomic mass is 10.1. The molecule has 0 N–H and O–H groups in total. The van der Waals surface area contributed by atoms with E-state index in [4.69, 9.17) is 18.9 Å². The lowest BCUT2D eigenvalue weighted by Gasteiger charge is -2.17. The molecular weight excluding hydrogens is 660 g/mol. The fourth-order valence-electron chi connectivity index (χ4n) is 3.50. The number of ether oxygens (including phenoxy) is 4. The molecule has 40 heavy (non-hydrogen) atoms. The molecule has 0 amide bonds. The largest absolute Gasteiger partial charge is 0.496 e. The van der Waals surface area contributed by atoms with Crippen LogP contribution in [0.5, 0.6) is 11.5 Å². The minimum absolute atomic E-state index is 0.0996. The van der Waals surface area contributed by atoms with Gasteiger partial charge in [-0.05, 0) is 23.3 Å². The van der Waals surface area contributed by atoms with Crippen molar-refractivity contribution in [2.24, 2.45) is 0 Å². The average molecular weight is 682 g/mol. The van der Waals surface area contributed by atoms with Gasteiger partial charge >= 0.3 is 11.9 Å². The van der Waals surface area contributed by atoms with Gasteiger partial charge in [0.15, 0.2) is 0 Å². The van der Waals surface area contributed by atoms with Gasteiger partial charge in [0.2, 0.25) is 0 Å². The number of carbonyl (C=O) groups is 2. The van der Waals surface area contributed by atoms with Crippen LogP contribution < -0.4 is 9.47 Å². The Morgan fingerprint density at radius 2 is 1.02 bits per heavy atom. The summed E-state index contributed by atoms with van der Waals surface area (Å²) in [6, 6.07) is 14.2. The first-order valence-corrected chi connectivity index (χ1v) is 13.2. The summed E-state index contributed by atoms with van der Waals surface area (Å²) in [7, 11) is 2.85. The summed E-state index contributed by atoms with van der Waals surface area (Å²) < 4.78 is 21.7. The Labute approximate surface area is 244 Å². The zero-order valence-electron chi connectivity index (χ0n) is 21.1. The second-order valence-corrected chi connectivity index (χ2v) is 9.95. The predicted octanol–water partition coefficient (Wildman–Crippen LogP) is 5.88. The SMILES string of the molecule is COc1cc(COC(=O)C(Br)c2ccc([N+](=O)[O-])cc2)c(OC)cc1COC(=O)C(Br)c1ccc([N+](=O)[O-])cc1. The molecule has 0 aromatic heterocycles. The third-order valence-electron chi connectivity index (χ3n) is 5.63. The lowest BCUT2D eigenvalue weighted by Crippen LogP contribution is -2.13. The first kappa shape index (κ1) is 30.5. The number of nitro groups is 2. The Hall–Kier alpha value is -4.04. The van der Waals surface area contributed by atoms with Crippen LogP contribution in [0.25, 0.3) is 0 Å².